The molecule has 2 N–H and O–H groups in total. The first-order chi connectivity index (χ1) is 22.8. The molecule has 274 valence electrons. The Labute approximate surface area is 287 Å². The van der Waals surface area contributed by atoms with E-state index in [-0.39, 0.29) is 19.4 Å². The minimum atomic E-state index is -4.76. The molecule has 0 fully saturated rings. The normalized spacial score (nSPS) is 12.9. The van der Waals surface area contributed by atoms with Crippen LogP contribution in [-0.4, -0.2) is 41.0 Å². The van der Waals surface area contributed by atoms with Gasteiger partial charge in [-0.3, -0.25) is 14.1 Å². The predicted octanol–water partition coefficient (Wildman–Crippen LogP) is 11.0. The summed E-state index contributed by atoms with van der Waals surface area (Å²) in [5, 5.41) is 0. The molecule has 0 saturated heterocycles. The molecule has 1 atom stereocenters. The maximum absolute atomic E-state index is 12.3. The van der Waals surface area contributed by atoms with E-state index in [1.807, 2.05) is 0 Å². The third-order valence-electron chi connectivity index (χ3n) is 7.91. The maximum Gasteiger partial charge on any atom is 0.469 e. The Morgan fingerprint density at radius 1 is 0.553 bits per heavy atom. The van der Waals surface area contributed by atoms with Crippen molar-refractivity contribution >= 4 is 19.8 Å². The highest BCUT2D eigenvalue weighted by Crippen LogP contribution is 2.36. The summed E-state index contributed by atoms with van der Waals surface area (Å²) < 4.78 is 26.3. The summed E-state index contributed by atoms with van der Waals surface area (Å²) in [6.45, 7) is 3.61. The average molecular weight is 685 g/mol. The molecule has 0 radical (unpaired) electrons. The Kier molecular flexibility index (Phi) is 32.9. The van der Waals surface area contributed by atoms with Crippen molar-refractivity contribution in [2.75, 3.05) is 13.2 Å². The Morgan fingerprint density at radius 2 is 0.957 bits per heavy atom. The summed E-state index contributed by atoms with van der Waals surface area (Å²) in [6, 6.07) is 0. The van der Waals surface area contributed by atoms with E-state index in [0.29, 0.717) is 6.42 Å². The van der Waals surface area contributed by atoms with Crippen LogP contribution < -0.4 is 0 Å². The van der Waals surface area contributed by atoms with Crippen LogP contribution in [0.25, 0.3) is 0 Å². The number of carbonyl (C=O) groups is 2. The van der Waals surface area contributed by atoms with E-state index in [1.165, 1.54) is 89.9 Å². The lowest BCUT2D eigenvalue weighted by atomic mass is 10.0. The van der Waals surface area contributed by atoms with Gasteiger partial charge in [0.1, 0.15) is 6.61 Å². The number of ether oxygens (including phenoxy) is 2. The van der Waals surface area contributed by atoms with E-state index in [1.54, 1.807) is 0 Å². The van der Waals surface area contributed by atoms with Gasteiger partial charge in [-0.25, -0.2) is 4.57 Å². The van der Waals surface area contributed by atoms with Crippen molar-refractivity contribution in [2.45, 2.75) is 180 Å². The van der Waals surface area contributed by atoms with Gasteiger partial charge in [-0.15, -0.1) is 0 Å². The quantitative estimate of drug-likeness (QED) is 0.0297. The van der Waals surface area contributed by atoms with Crippen LogP contribution in [0.3, 0.4) is 0 Å². The largest absolute Gasteiger partial charge is 0.469 e. The van der Waals surface area contributed by atoms with Crippen LogP contribution in [0, 0.1) is 0 Å². The molecule has 0 amide bonds. The van der Waals surface area contributed by atoms with Crippen molar-refractivity contribution in [3.05, 3.63) is 36.5 Å². The predicted molar refractivity (Wildman–Crippen MR) is 193 cm³/mol. The van der Waals surface area contributed by atoms with E-state index in [4.69, 9.17) is 19.3 Å². The SMILES string of the molecule is CCCCC/C=C/C/C=C/C/C=C/CCCCC(=O)O[C@H](COC(=O)CCCCCCCCCCCCCCCC)COP(=O)(O)O. The minimum absolute atomic E-state index is 0.164. The van der Waals surface area contributed by atoms with Crippen LogP contribution in [0.2, 0.25) is 0 Å². The van der Waals surface area contributed by atoms with Crippen molar-refractivity contribution < 1.29 is 37.9 Å². The number of esters is 2. The zero-order chi connectivity index (χ0) is 34.7. The summed E-state index contributed by atoms with van der Waals surface area (Å²) in [5.41, 5.74) is 0. The first kappa shape index (κ1) is 45.3. The smallest absolute Gasteiger partial charge is 0.462 e. The highest BCUT2D eigenvalue weighted by Gasteiger charge is 2.22. The van der Waals surface area contributed by atoms with Gasteiger partial charge in [-0.05, 0) is 51.4 Å². The molecule has 0 rings (SSSR count). The lowest BCUT2D eigenvalue weighted by molar-refractivity contribution is -0.161. The number of unbranched alkanes of at least 4 members (excludes halogenated alkanes) is 18. The number of phosphoric acid groups is 1. The summed E-state index contributed by atoms with van der Waals surface area (Å²) in [5.74, 6) is -0.927. The lowest BCUT2D eigenvalue weighted by Gasteiger charge is -2.18. The number of hydrogen-bond acceptors (Lipinski definition) is 6. The van der Waals surface area contributed by atoms with Gasteiger partial charge in [0.05, 0.1) is 6.61 Å². The molecule has 0 unspecified atom stereocenters. The van der Waals surface area contributed by atoms with Crippen molar-refractivity contribution in [3.63, 3.8) is 0 Å². The number of phosphoric ester groups is 1. The van der Waals surface area contributed by atoms with Gasteiger partial charge in [0, 0.05) is 12.8 Å². The number of allylic oxidation sites excluding steroid dienone is 6. The third-order valence-corrected chi connectivity index (χ3v) is 8.40. The fourth-order valence-corrected chi connectivity index (χ4v) is 5.45. The topological polar surface area (TPSA) is 119 Å². The highest BCUT2D eigenvalue weighted by atomic mass is 31.2. The Hall–Kier alpha value is -1.73. The number of rotatable bonds is 34. The van der Waals surface area contributed by atoms with Crippen molar-refractivity contribution in [3.8, 4) is 0 Å². The lowest BCUT2D eigenvalue weighted by Crippen LogP contribution is -2.29. The van der Waals surface area contributed by atoms with Gasteiger partial charge in [0.2, 0.25) is 0 Å². The van der Waals surface area contributed by atoms with Crippen molar-refractivity contribution in [2.24, 2.45) is 0 Å². The molecule has 8 nitrogen and oxygen atoms in total. The molecule has 0 spiro atoms. The Balaban J connectivity index is 4.03. The Morgan fingerprint density at radius 3 is 1.47 bits per heavy atom. The molecule has 0 aromatic heterocycles. The molecule has 9 heteroatoms. The van der Waals surface area contributed by atoms with Crippen molar-refractivity contribution in [1.82, 2.24) is 0 Å². The van der Waals surface area contributed by atoms with Gasteiger partial charge < -0.3 is 19.3 Å². The zero-order valence-electron chi connectivity index (χ0n) is 29.9. The van der Waals surface area contributed by atoms with Crippen molar-refractivity contribution in [1.29, 1.82) is 0 Å². The molecule has 0 aliphatic rings. The maximum atomic E-state index is 12.3. The fraction of sp³-hybridized carbons (Fsp3) is 0.789. The average Bonchev–Trinajstić information content (AvgIpc) is 3.03. The molecule has 0 aliphatic heterocycles. The second-order valence-electron chi connectivity index (χ2n) is 12.6. The van der Waals surface area contributed by atoms with Crippen LogP contribution >= 0.6 is 7.82 Å². The molecule has 0 bridgehead atoms. The second-order valence-corrected chi connectivity index (χ2v) is 13.8. The summed E-state index contributed by atoms with van der Waals surface area (Å²) in [4.78, 5) is 42.6. The van der Waals surface area contributed by atoms with Gasteiger partial charge in [0.25, 0.3) is 0 Å². The molecule has 0 heterocycles. The molecule has 0 saturated carbocycles. The van der Waals surface area contributed by atoms with E-state index in [0.717, 1.165) is 51.4 Å². The van der Waals surface area contributed by atoms with E-state index in [2.05, 4.69) is 54.8 Å². The van der Waals surface area contributed by atoms with E-state index in [9.17, 15) is 14.2 Å². The summed E-state index contributed by atoms with van der Waals surface area (Å²) >= 11 is 0. The van der Waals surface area contributed by atoms with Gasteiger partial charge in [-0.2, -0.15) is 0 Å². The van der Waals surface area contributed by atoms with Gasteiger partial charge in [-0.1, -0.05) is 147 Å². The number of carbonyl (C=O) groups excluding carboxylic acids is 2. The molecular weight excluding hydrogens is 615 g/mol. The van der Waals surface area contributed by atoms with Gasteiger partial charge in [0.15, 0.2) is 6.10 Å². The fourth-order valence-electron chi connectivity index (χ4n) is 5.08. The van der Waals surface area contributed by atoms with E-state index < -0.39 is 32.5 Å². The van der Waals surface area contributed by atoms with Crippen LogP contribution in [0.4, 0.5) is 0 Å². The zero-order valence-corrected chi connectivity index (χ0v) is 30.8. The minimum Gasteiger partial charge on any atom is -0.462 e. The first-order valence-corrected chi connectivity index (χ1v) is 20.3. The summed E-state index contributed by atoms with van der Waals surface area (Å²) in [7, 11) is -4.76. The van der Waals surface area contributed by atoms with Crippen LogP contribution in [-0.2, 0) is 28.2 Å². The molecular formula is C38H69O8P. The monoisotopic (exact) mass is 684 g/mol. The van der Waals surface area contributed by atoms with Crippen LogP contribution in [0.15, 0.2) is 36.5 Å². The molecule has 0 aliphatic carbocycles. The first-order valence-electron chi connectivity index (χ1n) is 18.8. The standard InChI is InChI=1S/C38H69O8P/c1-3-5-7-9-11-13-15-17-19-21-23-25-27-29-31-33-38(40)46-36(35-45-47(41,42)43)34-44-37(39)32-30-28-26-24-22-20-18-16-14-12-10-8-6-4-2/h11,13,17,19,23,25,36H,3-10,12,14-16,18,20-22,24,26-35H2,1-2H3,(H2,41,42,43)/b13-11+,19-17+,25-23+/t36-/m1/s1. The van der Waals surface area contributed by atoms with Crippen LogP contribution in [0.5, 0.6) is 0 Å². The van der Waals surface area contributed by atoms with Gasteiger partial charge >= 0.3 is 19.8 Å². The third kappa shape index (κ3) is 36.9. The number of hydrogen-bond donors (Lipinski definition) is 2. The van der Waals surface area contributed by atoms with Crippen LogP contribution in [0.1, 0.15) is 174 Å². The second kappa shape index (κ2) is 34.1. The van der Waals surface area contributed by atoms with E-state index >= 15 is 0 Å². The Bertz CT molecular complexity index is 864. The molecule has 47 heavy (non-hydrogen) atoms. The summed E-state index contributed by atoms with van der Waals surface area (Å²) in [6.07, 6.45) is 38.6. The highest BCUT2D eigenvalue weighted by molar-refractivity contribution is 7.46. The molecule has 0 aromatic rings. The molecule has 0 aromatic carbocycles.